The summed E-state index contributed by atoms with van der Waals surface area (Å²) >= 11 is 1.39. The summed E-state index contributed by atoms with van der Waals surface area (Å²) in [6.45, 7) is 3.29. The van der Waals surface area contributed by atoms with Gasteiger partial charge in [-0.15, -0.1) is 11.3 Å². The Morgan fingerprint density at radius 1 is 1.38 bits per heavy atom. The monoisotopic (exact) mass is 346 g/mol. The summed E-state index contributed by atoms with van der Waals surface area (Å²) in [5.74, 6) is 0.434. The average Bonchev–Trinajstić information content (AvgIpc) is 3.11. The Morgan fingerprint density at radius 2 is 2.25 bits per heavy atom. The summed E-state index contributed by atoms with van der Waals surface area (Å²) in [6, 6.07) is 0. The zero-order valence-electron chi connectivity index (χ0n) is 13.8. The van der Waals surface area contributed by atoms with Crippen molar-refractivity contribution in [2.24, 2.45) is 5.92 Å². The first-order valence-corrected chi connectivity index (χ1v) is 9.23. The Bertz CT molecular complexity index is 662. The molecule has 6 nitrogen and oxygen atoms in total. The van der Waals surface area contributed by atoms with Crippen molar-refractivity contribution in [2.75, 3.05) is 13.2 Å². The Morgan fingerprint density at radius 3 is 3.04 bits per heavy atom. The average molecular weight is 346 g/mol. The van der Waals surface area contributed by atoms with E-state index in [1.165, 1.54) is 30.6 Å². The lowest BCUT2D eigenvalue weighted by molar-refractivity contribution is -0.00294. The van der Waals surface area contributed by atoms with Gasteiger partial charge in [-0.25, -0.2) is 4.98 Å². The smallest absolute Gasteiger partial charge is 0.270 e. The lowest BCUT2D eigenvalue weighted by Gasteiger charge is -2.28. The van der Waals surface area contributed by atoms with Crippen LogP contribution in [0.15, 0.2) is 24.0 Å². The molecule has 1 amide bonds. The minimum atomic E-state index is -0.179. The highest BCUT2D eigenvalue weighted by Gasteiger charge is 2.21. The third-order valence-corrected chi connectivity index (χ3v) is 5.14. The maximum Gasteiger partial charge on any atom is 0.270 e. The lowest BCUT2D eigenvalue weighted by atomic mass is 9.88. The van der Waals surface area contributed by atoms with Crippen LogP contribution in [0.3, 0.4) is 0 Å². The van der Waals surface area contributed by atoms with Gasteiger partial charge < -0.3 is 10.1 Å². The highest BCUT2D eigenvalue weighted by molar-refractivity contribution is 7.13. The Labute approximate surface area is 145 Å². The van der Waals surface area contributed by atoms with Crippen LogP contribution in [0.1, 0.15) is 43.1 Å². The van der Waals surface area contributed by atoms with Crippen molar-refractivity contribution in [3.05, 3.63) is 29.7 Å². The number of amides is 1. The molecule has 1 aliphatic rings. The van der Waals surface area contributed by atoms with Crippen molar-refractivity contribution >= 4 is 17.2 Å². The van der Waals surface area contributed by atoms with Crippen LogP contribution in [0, 0.1) is 5.92 Å². The van der Waals surface area contributed by atoms with Gasteiger partial charge in [0.15, 0.2) is 0 Å². The Balaban J connectivity index is 1.45. The molecule has 1 N–H and O–H groups in total. The van der Waals surface area contributed by atoms with Crippen LogP contribution >= 0.6 is 11.3 Å². The minimum Gasteiger partial charge on any atom is -0.376 e. The minimum absolute atomic E-state index is 0.179. The normalized spacial score (nSPS) is 20.7. The Kier molecular flexibility index (Phi) is 5.87. The standard InChI is InChI=1S/C17H22N4O2S/c1-12-4-2-3-5-15(12)23-9-8-20-16(22)14-11-24-17(21-14)13-10-18-6-7-19-13/h6-7,10-12,15H,2-5,8-9H2,1H3,(H,20,22). The zero-order valence-corrected chi connectivity index (χ0v) is 14.6. The number of aromatic nitrogens is 3. The largest absolute Gasteiger partial charge is 0.376 e. The van der Waals surface area contributed by atoms with Gasteiger partial charge in [-0.1, -0.05) is 19.8 Å². The molecule has 0 bridgehead atoms. The molecular weight excluding hydrogens is 324 g/mol. The third kappa shape index (κ3) is 4.36. The number of hydrogen-bond acceptors (Lipinski definition) is 6. The highest BCUT2D eigenvalue weighted by atomic mass is 32.1. The van der Waals surface area contributed by atoms with E-state index in [1.54, 1.807) is 24.0 Å². The molecule has 2 atom stereocenters. The summed E-state index contributed by atoms with van der Waals surface area (Å²) in [4.78, 5) is 24.7. The molecule has 2 unspecified atom stereocenters. The van der Waals surface area contributed by atoms with Crippen molar-refractivity contribution in [3.63, 3.8) is 0 Å². The van der Waals surface area contributed by atoms with Crippen LogP contribution in [-0.4, -0.2) is 40.1 Å². The molecule has 128 valence electrons. The first kappa shape index (κ1) is 17.0. The second kappa shape index (κ2) is 8.30. The van der Waals surface area contributed by atoms with E-state index in [1.807, 2.05) is 0 Å². The summed E-state index contributed by atoms with van der Waals surface area (Å²) in [5, 5.41) is 5.30. The number of hydrogen-bond donors (Lipinski definition) is 1. The second-order valence-electron chi connectivity index (χ2n) is 6.06. The van der Waals surface area contributed by atoms with E-state index in [-0.39, 0.29) is 5.91 Å². The van der Waals surface area contributed by atoms with Gasteiger partial charge in [-0.05, 0) is 18.8 Å². The van der Waals surface area contributed by atoms with E-state index in [9.17, 15) is 4.79 Å². The van der Waals surface area contributed by atoms with Gasteiger partial charge in [0.1, 0.15) is 16.4 Å². The maximum absolute atomic E-state index is 12.1. The highest BCUT2D eigenvalue weighted by Crippen LogP contribution is 2.26. The zero-order chi connectivity index (χ0) is 16.8. The molecule has 2 aromatic heterocycles. The number of nitrogens with one attached hydrogen (secondary N) is 1. The molecule has 2 heterocycles. The van der Waals surface area contributed by atoms with Crippen molar-refractivity contribution in [1.29, 1.82) is 0 Å². The van der Waals surface area contributed by atoms with Crippen LogP contribution in [0.4, 0.5) is 0 Å². The van der Waals surface area contributed by atoms with Crippen LogP contribution < -0.4 is 5.32 Å². The number of carbonyl (C=O) groups excluding carboxylic acids is 1. The molecule has 0 radical (unpaired) electrons. The summed E-state index contributed by atoms with van der Waals surface area (Å²) in [7, 11) is 0. The van der Waals surface area contributed by atoms with Gasteiger partial charge in [-0.2, -0.15) is 0 Å². The van der Waals surface area contributed by atoms with E-state index in [4.69, 9.17) is 4.74 Å². The van der Waals surface area contributed by atoms with E-state index in [0.29, 0.717) is 41.6 Å². The Hall–Kier alpha value is -1.86. The fraction of sp³-hybridized carbons (Fsp3) is 0.529. The number of ether oxygens (including phenoxy) is 1. The van der Waals surface area contributed by atoms with Gasteiger partial charge in [0.05, 0.1) is 18.9 Å². The van der Waals surface area contributed by atoms with Crippen LogP contribution in [0.5, 0.6) is 0 Å². The molecule has 1 aliphatic carbocycles. The van der Waals surface area contributed by atoms with Gasteiger partial charge in [0, 0.05) is 24.3 Å². The van der Waals surface area contributed by atoms with Gasteiger partial charge in [-0.3, -0.25) is 14.8 Å². The quantitative estimate of drug-likeness (QED) is 0.814. The number of carbonyl (C=O) groups is 1. The molecule has 0 saturated heterocycles. The van der Waals surface area contributed by atoms with Gasteiger partial charge in [0.2, 0.25) is 0 Å². The van der Waals surface area contributed by atoms with E-state index in [2.05, 4.69) is 27.2 Å². The first-order valence-electron chi connectivity index (χ1n) is 8.36. The third-order valence-electron chi connectivity index (χ3n) is 4.27. The van der Waals surface area contributed by atoms with E-state index >= 15 is 0 Å². The van der Waals surface area contributed by atoms with Crippen molar-refractivity contribution in [2.45, 2.75) is 38.7 Å². The summed E-state index contributed by atoms with van der Waals surface area (Å²) in [5.41, 5.74) is 1.09. The fourth-order valence-corrected chi connectivity index (χ4v) is 3.66. The predicted molar refractivity (Wildman–Crippen MR) is 92.8 cm³/mol. The first-order chi connectivity index (χ1) is 11.7. The van der Waals surface area contributed by atoms with Gasteiger partial charge in [0.25, 0.3) is 5.91 Å². The molecule has 0 spiro atoms. The molecule has 0 aromatic carbocycles. The molecule has 7 heteroatoms. The maximum atomic E-state index is 12.1. The number of rotatable bonds is 6. The molecule has 3 rings (SSSR count). The van der Waals surface area contributed by atoms with Crippen molar-refractivity contribution < 1.29 is 9.53 Å². The number of thiazole rings is 1. The molecular formula is C17H22N4O2S. The van der Waals surface area contributed by atoms with Crippen LogP contribution in [-0.2, 0) is 4.74 Å². The topological polar surface area (TPSA) is 77.0 Å². The summed E-state index contributed by atoms with van der Waals surface area (Å²) < 4.78 is 5.91. The predicted octanol–water partition coefficient (Wildman–Crippen LogP) is 2.93. The number of nitrogens with zero attached hydrogens (tertiary/aromatic N) is 3. The van der Waals surface area contributed by atoms with Gasteiger partial charge >= 0.3 is 0 Å². The van der Waals surface area contributed by atoms with E-state index in [0.717, 1.165) is 6.42 Å². The second-order valence-corrected chi connectivity index (χ2v) is 6.91. The van der Waals surface area contributed by atoms with Crippen LogP contribution in [0.25, 0.3) is 10.7 Å². The molecule has 2 aromatic rings. The lowest BCUT2D eigenvalue weighted by Crippen LogP contribution is -2.31. The molecule has 1 saturated carbocycles. The van der Waals surface area contributed by atoms with Crippen molar-refractivity contribution in [1.82, 2.24) is 20.3 Å². The molecule has 0 aliphatic heterocycles. The van der Waals surface area contributed by atoms with Crippen molar-refractivity contribution in [3.8, 4) is 10.7 Å². The summed E-state index contributed by atoms with van der Waals surface area (Å²) in [6.07, 6.45) is 10.1. The SMILES string of the molecule is CC1CCCCC1OCCNC(=O)c1csc(-c2cnccn2)n1. The van der Waals surface area contributed by atoms with Crippen LogP contribution in [0.2, 0.25) is 0 Å². The fourth-order valence-electron chi connectivity index (χ4n) is 2.90. The molecule has 24 heavy (non-hydrogen) atoms. The van der Waals surface area contributed by atoms with E-state index < -0.39 is 0 Å². The molecule has 1 fully saturated rings.